The monoisotopic (exact) mass is 676 g/mol. The van der Waals surface area contributed by atoms with Crippen LogP contribution in [0.1, 0.15) is 50.8 Å². The van der Waals surface area contributed by atoms with Gasteiger partial charge in [-0.05, 0) is 44.4 Å². The summed E-state index contributed by atoms with van der Waals surface area (Å²) in [6.45, 7) is 9.41. The van der Waals surface area contributed by atoms with Gasteiger partial charge in [-0.2, -0.15) is 0 Å². The fourth-order valence-corrected chi connectivity index (χ4v) is 6.91. The van der Waals surface area contributed by atoms with Gasteiger partial charge >= 0.3 is 0 Å². The van der Waals surface area contributed by atoms with Crippen molar-refractivity contribution in [1.29, 1.82) is 0 Å². The van der Waals surface area contributed by atoms with E-state index in [1.807, 2.05) is 107 Å². The molecule has 3 aromatic carbocycles. The predicted octanol–water partition coefficient (Wildman–Crippen LogP) is 5.90. The Morgan fingerprint density at radius 3 is 1.86 bits per heavy atom. The molecule has 49 heavy (non-hydrogen) atoms. The molecule has 0 radical (unpaired) electrons. The zero-order valence-electron chi connectivity index (χ0n) is 28.7. The summed E-state index contributed by atoms with van der Waals surface area (Å²) in [4.78, 5) is 0. The lowest BCUT2D eigenvalue weighted by Crippen LogP contribution is -2.55. The normalized spacial score (nSPS) is 33.4. The molecule has 4 heterocycles. The predicted molar refractivity (Wildman–Crippen MR) is 178 cm³/mol. The number of fused-ring (bicyclic) bond motifs is 1. The summed E-state index contributed by atoms with van der Waals surface area (Å²) in [5, 5.41) is 0. The van der Waals surface area contributed by atoms with Crippen LogP contribution < -0.4 is 0 Å². The summed E-state index contributed by atoms with van der Waals surface area (Å²) in [7, 11) is 0. The highest BCUT2D eigenvalue weighted by molar-refractivity contribution is 5.15. The summed E-state index contributed by atoms with van der Waals surface area (Å²) in [6.07, 6.45) is -4.08. The number of ether oxygens (including phenoxy) is 10. The first-order chi connectivity index (χ1) is 23.7. The van der Waals surface area contributed by atoms with E-state index in [1.165, 1.54) is 0 Å². The van der Waals surface area contributed by atoms with E-state index in [1.54, 1.807) is 0 Å². The van der Waals surface area contributed by atoms with Crippen molar-refractivity contribution in [2.75, 3.05) is 13.2 Å². The zero-order chi connectivity index (χ0) is 33.8. The van der Waals surface area contributed by atoms with Crippen LogP contribution in [0.5, 0.6) is 0 Å². The minimum atomic E-state index is -0.826. The van der Waals surface area contributed by atoms with E-state index in [2.05, 4.69) is 12.1 Å². The second kappa shape index (κ2) is 15.2. The van der Waals surface area contributed by atoms with Gasteiger partial charge in [0.2, 0.25) is 0 Å². The Hall–Kier alpha value is -2.74. The Morgan fingerprint density at radius 2 is 1.24 bits per heavy atom. The molecule has 0 aliphatic carbocycles. The second-order valence-electron chi connectivity index (χ2n) is 14.0. The van der Waals surface area contributed by atoms with Crippen LogP contribution in [0, 0.1) is 0 Å². The third kappa shape index (κ3) is 8.77. The molecule has 0 aromatic heterocycles. The van der Waals surface area contributed by atoms with E-state index >= 15 is 0 Å². The average molecular weight is 677 g/mol. The highest BCUT2D eigenvalue weighted by atomic mass is 16.9. The lowest BCUT2D eigenvalue weighted by molar-refractivity contribution is -0.305. The van der Waals surface area contributed by atoms with Crippen LogP contribution in [0.15, 0.2) is 91.0 Å². The van der Waals surface area contributed by atoms with E-state index in [4.69, 9.17) is 47.4 Å². The molecule has 4 fully saturated rings. The number of hydrogen-bond donors (Lipinski definition) is 0. The fraction of sp³-hybridized carbons (Fsp3) is 0.538. The summed E-state index contributed by atoms with van der Waals surface area (Å²) in [5.41, 5.74) is 3.20. The van der Waals surface area contributed by atoms with Crippen molar-refractivity contribution in [2.24, 2.45) is 0 Å². The van der Waals surface area contributed by atoms with Crippen molar-refractivity contribution in [1.82, 2.24) is 0 Å². The summed E-state index contributed by atoms with van der Waals surface area (Å²) < 4.78 is 64.2. The Morgan fingerprint density at radius 1 is 0.633 bits per heavy atom. The van der Waals surface area contributed by atoms with Crippen LogP contribution >= 0.6 is 0 Å². The smallest absolute Gasteiger partial charge is 0.190 e. The zero-order valence-corrected chi connectivity index (χ0v) is 28.7. The lowest BCUT2D eigenvalue weighted by atomic mass is 10.00. The van der Waals surface area contributed by atoms with E-state index < -0.39 is 54.7 Å². The van der Waals surface area contributed by atoms with Gasteiger partial charge in [0, 0.05) is 6.42 Å². The SMILES string of the molecule is CC1(C)O[C@H]2O[C@H]([C@@H]3COC(C)(C)O3)[C@H](O[C@@H]3C[C@@H](OCc4ccccc4)[C@H](OCc4ccccc4)[C@@H](COCc4ccccc4)O3)[C@H]2O1. The first-order valence-corrected chi connectivity index (χ1v) is 17.3. The Bertz CT molecular complexity index is 1450. The van der Waals surface area contributed by atoms with Crippen molar-refractivity contribution in [3.8, 4) is 0 Å². The van der Waals surface area contributed by atoms with Crippen LogP contribution in [-0.4, -0.2) is 80.1 Å². The minimum absolute atomic E-state index is 0.274. The van der Waals surface area contributed by atoms with Gasteiger partial charge in [-0.1, -0.05) is 91.0 Å². The molecular weight excluding hydrogens is 628 g/mol. The fourth-order valence-electron chi connectivity index (χ4n) is 6.91. The molecule has 0 spiro atoms. The van der Waals surface area contributed by atoms with E-state index in [0.717, 1.165) is 16.7 Å². The van der Waals surface area contributed by atoms with E-state index in [0.29, 0.717) is 32.8 Å². The lowest BCUT2D eigenvalue weighted by Gasteiger charge is -2.42. The van der Waals surface area contributed by atoms with Gasteiger partial charge in [0.1, 0.15) is 36.6 Å². The maximum Gasteiger partial charge on any atom is 0.190 e. The molecule has 0 amide bonds. The molecule has 3 aromatic rings. The van der Waals surface area contributed by atoms with Gasteiger partial charge < -0.3 is 47.4 Å². The molecule has 0 saturated carbocycles. The topological polar surface area (TPSA) is 92.3 Å². The van der Waals surface area contributed by atoms with Crippen LogP contribution in [-0.2, 0) is 67.2 Å². The third-order valence-corrected chi connectivity index (χ3v) is 9.20. The Kier molecular flexibility index (Phi) is 10.8. The van der Waals surface area contributed by atoms with Crippen LogP contribution in [0.4, 0.5) is 0 Å². The average Bonchev–Trinajstić information content (AvgIpc) is 3.72. The van der Waals surface area contributed by atoms with E-state index in [9.17, 15) is 0 Å². The number of hydrogen-bond acceptors (Lipinski definition) is 10. The molecule has 4 aliphatic rings. The Labute approximate surface area is 288 Å². The summed E-state index contributed by atoms with van der Waals surface area (Å²) in [6, 6.07) is 30.3. The number of rotatable bonds is 13. The maximum atomic E-state index is 6.86. The molecule has 0 N–H and O–H groups in total. The third-order valence-electron chi connectivity index (χ3n) is 9.20. The quantitative estimate of drug-likeness (QED) is 0.218. The standard InChI is InChI=1S/C39H48O10/c1-38(2)43-25-31(47-38)34-35(36-37(46-34)49-39(3,4)48-36)45-32-20-29(41-22-27-16-10-6-11-17-27)33(42-23-28-18-12-7-13-19-28)30(44-32)24-40-21-26-14-8-5-9-15-26/h5-19,29-37H,20-25H2,1-4H3/t29-,30-,31+,32-,33+,34-,35+,36-,37-/m1/s1. The van der Waals surface area contributed by atoms with Crippen LogP contribution in [0.2, 0.25) is 0 Å². The molecule has 4 aliphatic heterocycles. The second-order valence-corrected chi connectivity index (χ2v) is 14.0. The molecule has 264 valence electrons. The van der Waals surface area contributed by atoms with Crippen LogP contribution in [0.25, 0.3) is 0 Å². The van der Waals surface area contributed by atoms with Crippen molar-refractivity contribution >= 4 is 0 Å². The first kappa shape index (κ1) is 34.7. The van der Waals surface area contributed by atoms with Crippen molar-refractivity contribution in [3.05, 3.63) is 108 Å². The largest absolute Gasteiger partial charge is 0.374 e. The molecule has 9 atom stereocenters. The molecule has 0 bridgehead atoms. The van der Waals surface area contributed by atoms with Gasteiger partial charge in [-0.3, -0.25) is 0 Å². The first-order valence-electron chi connectivity index (χ1n) is 17.3. The van der Waals surface area contributed by atoms with Gasteiger partial charge in [-0.25, -0.2) is 0 Å². The molecule has 10 heteroatoms. The highest BCUT2D eigenvalue weighted by Crippen LogP contribution is 2.43. The highest BCUT2D eigenvalue weighted by Gasteiger charge is 2.60. The molecule has 7 rings (SSSR count). The molecular formula is C39H48O10. The van der Waals surface area contributed by atoms with Crippen molar-refractivity contribution in [3.63, 3.8) is 0 Å². The molecule has 0 unspecified atom stereocenters. The molecule has 4 saturated heterocycles. The minimum Gasteiger partial charge on any atom is -0.374 e. The van der Waals surface area contributed by atoms with Crippen molar-refractivity contribution in [2.45, 2.75) is 121 Å². The van der Waals surface area contributed by atoms with Gasteiger partial charge in [-0.15, -0.1) is 0 Å². The summed E-state index contributed by atoms with van der Waals surface area (Å²) >= 11 is 0. The van der Waals surface area contributed by atoms with Gasteiger partial charge in [0.05, 0.1) is 39.1 Å². The number of benzene rings is 3. The summed E-state index contributed by atoms with van der Waals surface area (Å²) in [5.74, 6) is -1.56. The van der Waals surface area contributed by atoms with Crippen molar-refractivity contribution < 1.29 is 47.4 Å². The van der Waals surface area contributed by atoms with E-state index in [-0.39, 0.29) is 18.8 Å². The van der Waals surface area contributed by atoms with Gasteiger partial charge in [0.15, 0.2) is 24.2 Å². The molecule has 10 nitrogen and oxygen atoms in total. The Balaban J connectivity index is 1.13. The van der Waals surface area contributed by atoms with Crippen LogP contribution in [0.3, 0.4) is 0 Å². The maximum absolute atomic E-state index is 6.86. The van der Waals surface area contributed by atoms with Gasteiger partial charge in [0.25, 0.3) is 0 Å².